The van der Waals surface area contributed by atoms with Crippen LogP contribution in [0, 0.1) is 0 Å². The zero-order chi connectivity index (χ0) is 24.1. The lowest BCUT2D eigenvalue weighted by Crippen LogP contribution is -2.27. The predicted octanol–water partition coefficient (Wildman–Crippen LogP) is 4.91. The molecule has 3 aromatic carbocycles. The molecule has 0 saturated carbocycles. The SMILES string of the molecule is CCC(Sc1nc2ccccc2c(=O)n1-c1ccccc1)C(=O)Nc1cc(OC)ccc1OC. The van der Waals surface area contributed by atoms with E-state index in [4.69, 9.17) is 14.5 Å². The van der Waals surface area contributed by atoms with Crippen molar-refractivity contribution < 1.29 is 14.3 Å². The number of aromatic nitrogens is 2. The van der Waals surface area contributed by atoms with Crippen molar-refractivity contribution in [2.45, 2.75) is 23.8 Å². The average molecular weight is 476 g/mol. The molecule has 4 rings (SSSR count). The molecule has 0 aliphatic heterocycles. The Bertz CT molecular complexity index is 1370. The number of ether oxygens (including phenoxy) is 2. The summed E-state index contributed by atoms with van der Waals surface area (Å²) in [5, 5.41) is 3.41. The number of hydrogen-bond acceptors (Lipinski definition) is 6. The second kappa shape index (κ2) is 10.4. The number of para-hydroxylation sites is 2. The molecule has 1 N–H and O–H groups in total. The van der Waals surface area contributed by atoms with Crippen LogP contribution in [-0.4, -0.2) is 34.9 Å². The molecule has 34 heavy (non-hydrogen) atoms. The number of rotatable bonds is 8. The summed E-state index contributed by atoms with van der Waals surface area (Å²) in [6.45, 7) is 1.92. The normalized spacial score (nSPS) is 11.7. The summed E-state index contributed by atoms with van der Waals surface area (Å²) in [4.78, 5) is 31.4. The number of amides is 1. The van der Waals surface area contributed by atoms with Gasteiger partial charge in [-0.1, -0.05) is 49.0 Å². The van der Waals surface area contributed by atoms with Crippen LogP contribution in [0.3, 0.4) is 0 Å². The molecule has 8 heteroatoms. The van der Waals surface area contributed by atoms with Gasteiger partial charge in [0.2, 0.25) is 5.91 Å². The summed E-state index contributed by atoms with van der Waals surface area (Å²) in [5.41, 5.74) is 1.62. The van der Waals surface area contributed by atoms with E-state index in [9.17, 15) is 9.59 Å². The van der Waals surface area contributed by atoms with Crippen LogP contribution in [-0.2, 0) is 4.79 Å². The monoisotopic (exact) mass is 475 g/mol. The fourth-order valence-corrected chi connectivity index (χ4v) is 4.60. The van der Waals surface area contributed by atoms with E-state index in [-0.39, 0.29) is 11.5 Å². The first-order valence-electron chi connectivity index (χ1n) is 10.8. The van der Waals surface area contributed by atoms with Crippen LogP contribution in [0.4, 0.5) is 5.69 Å². The maximum absolute atomic E-state index is 13.4. The Kier molecular flexibility index (Phi) is 7.18. The molecule has 1 amide bonds. The minimum absolute atomic E-state index is 0.177. The maximum Gasteiger partial charge on any atom is 0.266 e. The number of nitrogens with zero attached hydrogens (tertiary/aromatic N) is 2. The molecule has 1 aromatic heterocycles. The Morgan fingerprint density at radius 1 is 1.03 bits per heavy atom. The van der Waals surface area contributed by atoms with E-state index in [1.807, 2.05) is 49.4 Å². The van der Waals surface area contributed by atoms with Crippen LogP contribution in [0.2, 0.25) is 0 Å². The van der Waals surface area contributed by atoms with E-state index >= 15 is 0 Å². The minimum Gasteiger partial charge on any atom is -0.497 e. The quantitative estimate of drug-likeness (QED) is 0.288. The van der Waals surface area contributed by atoms with Crippen LogP contribution in [0.15, 0.2) is 82.7 Å². The fourth-order valence-electron chi connectivity index (χ4n) is 3.57. The van der Waals surface area contributed by atoms with Gasteiger partial charge >= 0.3 is 0 Å². The first-order valence-corrected chi connectivity index (χ1v) is 11.7. The second-order valence-corrected chi connectivity index (χ2v) is 8.63. The van der Waals surface area contributed by atoms with Crippen molar-refractivity contribution in [3.05, 3.63) is 83.2 Å². The van der Waals surface area contributed by atoms with E-state index in [2.05, 4.69) is 5.32 Å². The maximum atomic E-state index is 13.4. The van der Waals surface area contributed by atoms with Crippen molar-refractivity contribution >= 4 is 34.3 Å². The number of nitrogens with one attached hydrogen (secondary N) is 1. The van der Waals surface area contributed by atoms with Crippen molar-refractivity contribution in [1.82, 2.24) is 9.55 Å². The van der Waals surface area contributed by atoms with Gasteiger partial charge in [0.05, 0.1) is 41.7 Å². The molecule has 0 bridgehead atoms. The molecule has 0 aliphatic carbocycles. The number of benzene rings is 3. The van der Waals surface area contributed by atoms with Gasteiger partial charge < -0.3 is 14.8 Å². The Morgan fingerprint density at radius 2 is 1.76 bits per heavy atom. The molecule has 0 radical (unpaired) electrons. The molecule has 1 atom stereocenters. The van der Waals surface area contributed by atoms with Crippen molar-refractivity contribution in [2.75, 3.05) is 19.5 Å². The van der Waals surface area contributed by atoms with E-state index < -0.39 is 5.25 Å². The van der Waals surface area contributed by atoms with Crippen LogP contribution in [0.25, 0.3) is 16.6 Å². The van der Waals surface area contributed by atoms with Crippen molar-refractivity contribution in [3.63, 3.8) is 0 Å². The van der Waals surface area contributed by atoms with Gasteiger partial charge in [0.25, 0.3) is 5.56 Å². The van der Waals surface area contributed by atoms with Crippen LogP contribution in [0.1, 0.15) is 13.3 Å². The Hall–Kier alpha value is -3.78. The van der Waals surface area contributed by atoms with Gasteiger partial charge in [-0.3, -0.25) is 14.2 Å². The van der Waals surface area contributed by atoms with Crippen molar-refractivity contribution in [2.24, 2.45) is 0 Å². The van der Waals surface area contributed by atoms with Gasteiger partial charge in [0, 0.05) is 6.07 Å². The largest absolute Gasteiger partial charge is 0.497 e. The summed E-state index contributed by atoms with van der Waals surface area (Å²) in [5.74, 6) is 0.908. The highest BCUT2D eigenvalue weighted by molar-refractivity contribution is 8.00. The first-order chi connectivity index (χ1) is 16.5. The number of carbonyl (C=O) groups is 1. The molecule has 0 aliphatic rings. The molecule has 1 heterocycles. The van der Waals surface area contributed by atoms with Gasteiger partial charge in [0.15, 0.2) is 5.16 Å². The molecule has 0 saturated heterocycles. The van der Waals surface area contributed by atoms with Gasteiger partial charge in [-0.25, -0.2) is 4.98 Å². The number of hydrogen-bond donors (Lipinski definition) is 1. The van der Waals surface area contributed by atoms with Crippen molar-refractivity contribution in [1.29, 1.82) is 0 Å². The summed E-state index contributed by atoms with van der Waals surface area (Å²) in [7, 11) is 3.10. The Morgan fingerprint density at radius 3 is 2.47 bits per heavy atom. The van der Waals surface area contributed by atoms with Gasteiger partial charge in [-0.2, -0.15) is 0 Å². The lowest BCUT2D eigenvalue weighted by atomic mass is 10.2. The molecule has 4 aromatic rings. The number of carbonyl (C=O) groups excluding carboxylic acids is 1. The molecule has 0 spiro atoms. The number of fused-ring (bicyclic) bond motifs is 1. The third-order valence-electron chi connectivity index (χ3n) is 5.33. The third-order valence-corrected chi connectivity index (χ3v) is 6.65. The van der Waals surface area contributed by atoms with E-state index in [0.29, 0.717) is 45.4 Å². The van der Waals surface area contributed by atoms with Crippen LogP contribution < -0.4 is 20.3 Å². The standard InChI is InChI=1S/C26H25N3O4S/c1-4-23(24(30)27-21-16-18(32-2)14-15-22(21)33-3)34-26-28-20-13-9-8-12-19(20)25(31)29(26)17-10-6-5-7-11-17/h5-16,23H,4H2,1-3H3,(H,27,30). The molecular weight excluding hydrogens is 450 g/mol. The molecule has 1 unspecified atom stereocenters. The van der Waals surface area contributed by atoms with E-state index in [1.54, 1.807) is 49.1 Å². The number of thioether (sulfide) groups is 1. The fraction of sp³-hybridized carbons (Fsp3) is 0.192. The molecular formula is C26H25N3O4S. The lowest BCUT2D eigenvalue weighted by molar-refractivity contribution is -0.115. The number of methoxy groups -OCH3 is 2. The Labute approximate surface area is 201 Å². The van der Waals surface area contributed by atoms with Gasteiger partial charge in [-0.15, -0.1) is 0 Å². The van der Waals surface area contributed by atoms with E-state index in [1.165, 1.54) is 11.8 Å². The Balaban J connectivity index is 1.72. The van der Waals surface area contributed by atoms with Crippen LogP contribution in [0.5, 0.6) is 11.5 Å². The smallest absolute Gasteiger partial charge is 0.266 e. The zero-order valence-corrected chi connectivity index (χ0v) is 20.0. The zero-order valence-electron chi connectivity index (χ0n) is 19.1. The minimum atomic E-state index is -0.501. The van der Waals surface area contributed by atoms with Crippen molar-refractivity contribution in [3.8, 4) is 17.2 Å². The highest BCUT2D eigenvalue weighted by atomic mass is 32.2. The highest BCUT2D eigenvalue weighted by Crippen LogP contribution is 2.32. The summed E-state index contributed by atoms with van der Waals surface area (Å²) < 4.78 is 12.2. The summed E-state index contributed by atoms with van der Waals surface area (Å²) in [6.07, 6.45) is 0.528. The topological polar surface area (TPSA) is 82.5 Å². The molecule has 174 valence electrons. The third kappa shape index (κ3) is 4.77. The average Bonchev–Trinajstić information content (AvgIpc) is 2.87. The predicted molar refractivity (Wildman–Crippen MR) is 135 cm³/mol. The number of anilines is 1. The summed E-state index contributed by atoms with van der Waals surface area (Å²) in [6, 6.07) is 21.8. The highest BCUT2D eigenvalue weighted by Gasteiger charge is 2.23. The van der Waals surface area contributed by atoms with Crippen LogP contribution >= 0.6 is 11.8 Å². The van der Waals surface area contributed by atoms with Gasteiger partial charge in [-0.05, 0) is 42.8 Å². The van der Waals surface area contributed by atoms with E-state index in [0.717, 1.165) is 0 Å². The second-order valence-electron chi connectivity index (χ2n) is 7.46. The lowest BCUT2D eigenvalue weighted by Gasteiger charge is -2.19. The first kappa shape index (κ1) is 23.4. The van der Waals surface area contributed by atoms with Gasteiger partial charge in [0.1, 0.15) is 11.5 Å². The molecule has 7 nitrogen and oxygen atoms in total. The summed E-state index contributed by atoms with van der Waals surface area (Å²) >= 11 is 1.26. The molecule has 0 fully saturated rings.